The largest absolute Gasteiger partial charge is 0.340 e. The molecule has 0 saturated carbocycles. The number of piperidine rings is 1. The SMILES string of the molecule is CCc1nccn1CC(=O)N1CCC[C@H](C(=O)c2nccn2C)C1. The fraction of sp³-hybridized carbons (Fsp3) is 0.529. The van der Waals surface area contributed by atoms with Crippen LogP contribution < -0.4 is 0 Å². The molecule has 1 aliphatic rings. The number of carbonyl (C=O) groups is 2. The zero-order valence-electron chi connectivity index (χ0n) is 14.2. The number of Topliss-reactive ketones (excluding diaryl/α,β-unsaturated/α-hetero) is 1. The standard InChI is InChI=1S/C17H23N5O2/c1-3-14-18-7-10-21(14)12-15(23)22-8-4-5-13(11-22)16(24)17-19-6-9-20(17)2/h6-7,9-10,13H,3-5,8,11-12H2,1-2H3/t13-/m0/s1. The van der Waals surface area contributed by atoms with E-state index in [1.54, 1.807) is 28.1 Å². The van der Waals surface area contributed by atoms with E-state index >= 15 is 0 Å². The molecular formula is C17H23N5O2. The van der Waals surface area contributed by atoms with E-state index in [-0.39, 0.29) is 24.2 Å². The van der Waals surface area contributed by atoms with Crippen molar-refractivity contribution >= 4 is 11.7 Å². The molecule has 0 bridgehead atoms. The molecule has 0 aliphatic carbocycles. The van der Waals surface area contributed by atoms with Gasteiger partial charge in [-0.15, -0.1) is 0 Å². The Morgan fingerprint density at radius 2 is 2.04 bits per heavy atom. The van der Waals surface area contributed by atoms with E-state index < -0.39 is 0 Å². The maximum atomic E-state index is 12.6. The van der Waals surface area contributed by atoms with Crippen molar-refractivity contribution in [1.82, 2.24) is 24.0 Å². The van der Waals surface area contributed by atoms with Gasteiger partial charge in [-0.1, -0.05) is 6.92 Å². The fourth-order valence-corrected chi connectivity index (χ4v) is 3.25. The van der Waals surface area contributed by atoms with Gasteiger partial charge in [0.15, 0.2) is 5.82 Å². The highest BCUT2D eigenvalue weighted by molar-refractivity contribution is 5.95. The molecule has 24 heavy (non-hydrogen) atoms. The van der Waals surface area contributed by atoms with E-state index in [1.807, 2.05) is 24.7 Å². The van der Waals surface area contributed by atoms with Gasteiger partial charge in [0, 0.05) is 57.3 Å². The lowest BCUT2D eigenvalue weighted by Crippen LogP contribution is -2.44. The molecule has 128 valence electrons. The van der Waals surface area contributed by atoms with Gasteiger partial charge < -0.3 is 14.0 Å². The van der Waals surface area contributed by atoms with Crippen molar-refractivity contribution in [2.75, 3.05) is 13.1 Å². The zero-order chi connectivity index (χ0) is 17.1. The van der Waals surface area contributed by atoms with Gasteiger partial charge >= 0.3 is 0 Å². The summed E-state index contributed by atoms with van der Waals surface area (Å²) in [5.74, 6) is 1.27. The Labute approximate surface area is 141 Å². The Balaban J connectivity index is 1.66. The van der Waals surface area contributed by atoms with Gasteiger partial charge in [0.05, 0.1) is 0 Å². The lowest BCUT2D eigenvalue weighted by atomic mass is 9.93. The maximum absolute atomic E-state index is 12.6. The van der Waals surface area contributed by atoms with Crippen LogP contribution in [0.25, 0.3) is 0 Å². The van der Waals surface area contributed by atoms with Crippen LogP contribution in [0.2, 0.25) is 0 Å². The number of ketones is 1. The Morgan fingerprint density at radius 3 is 2.75 bits per heavy atom. The number of aryl methyl sites for hydroxylation is 2. The second kappa shape index (κ2) is 6.98. The number of aromatic nitrogens is 4. The fourth-order valence-electron chi connectivity index (χ4n) is 3.25. The minimum atomic E-state index is -0.169. The zero-order valence-corrected chi connectivity index (χ0v) is 14.2. The third-order valence-electron chi connectivity index (χ3n) is 4.61. The lowest BCUT2D eigenvalue weighted by molar-refractivity contribution is -0.133. The molecule has 3 rings (SSSR count). The summed E-state index contributed by atoms with van der Waals surface area (Å²) in [6.45, 7) is 3.48. The minimum absolute atomic E-state index is 0.0249. The summed E-state index contributed by atoms with van der Waals surface area (Å²) in [6, 6.07) is 0. The van der Waals surface area contributed by atoms with Crippen LogP contribution in [0, 0.1) is 5.92 Å². The van der Waals surface area contributed by atoms with Gasteiger partial charge in [0.2, 0.25) is 11.7 Å². The molecule has 0 spiro atoms. The molecule has 1 fully saturated rings. The number of amides is 1. The molecule has 2 aromatic rings. The van der Waals surface area contributed by atoms with Crippen LogP contribution in [-0.4, -0.2) is 48.8 Å². The van der Waals surface area contributed by atoms with Crippen molar-refractivity contribution < 1.29 is 9.59 Å². The average Bonchev–Trinajstić information content (AvgIpc) is 3.22. The third kappa shape index (κ3) is 3.25. The van der Waals surface area contributed by atoms with Crippen molar-refractivity contribution in [3.8, 4) is 0 Å². The second-order valence-corrected chi connectivity index (χ2v) is 6.23. The van der Waals surface area contributed by atoms with Crippen LogP contribution in [-0.2, 0) is 24.8 Å². The second-order valence-electron chi connectivity index (χ2n) is 6.23. The van der Waals surface area contributed by atoms with E-state index in [4.69, 9.17) is 0 Å². The van der Waals surface area contributed by atoms with Crippen LogP contribution in [0.1, 0.15) is 36.2 Å². The molecule has 7 nitrogen and oxygen atoms in total. The highest BCUT2D eigenvalue weighted by Gasteiger charge is 2.30. The Hall–Kier alpha value is -2.44. The van der Waals surface area contributed by atoms with Crippen LogP contribution in [0.5, 0.6) is 0 Å². The summed E-state index contributed by atoms with van der Waals surface area (Å²) < 4.78 is 3.62. The molecule has 0 radical (unpaired) electrons. The van der Waals surface area contributed by atoms with Crippen molar-refractivity contribution in [3.05, 3.63) is 36.4 Å². The highest BCUT2D eigenvalue weighted by atomic mass is 16.2. The molecule has 3 heterocycles. The quantitative estimate of drug-likeness (QED) is 0.775. The van der Waals surface area contributed by atoms with Crippen molar-refractivity contribution in [1.29, 1.82) is 0 Å². The summed E-state index contributed by atoms with van der Waals surface area (Å²) in [7, 11) is 1.82. The van der Waals surface area contributed by atoms with Crippen molar-refractivity contribution in [3.63, 3.8) is 0 Å². The Kier molecular flexibility index (Phi) is 4.78. The van der Waals surface area contributed by atoms with Crippen molar-refractivity contribution in [2.24, 2.45) is 13.0 Å². The predicted octanol–water partition coefficient (Wildman–Crippen LogP) is 1.30. The van der Waals surface area contributed by atoms with Crippen LogP contribution in [0.4, 0.5) is 0 Å². The number of imidazole rings is 2. The Morgan fingerprint density at radius 1 is 1.25 bits per heavy atom. The Bertz CT molecular complexity index is 733. The molecule has 0 unspecified atom stereocenters. The van der Waals surface area contributed by atoms with E-state index in [2.05, 4.69) is 9.97 Å². The predicted molar refractivity (Wildman–Crippen MR) is 88.4 cm³/mol. The van der Waals surface area contributed by atoms with Crippen LogP contribution in [0.3, 0.4) is 0 Å². The highest BCUT2D eigenvalue weighted by Crippen LogP contribution is 2.20. The van der Waals surface area contributed by atoms with E-state index in [0.29, 0.717) is 18.9 Å². The monoisotopic (exact) mass is 329 g/mol. The smallest absolute Gasteiger partial charge is 0.242 e. The summed E-state index contributed by atoms with van der Waals surface area (Å²) in [5.41, 5.74) is 0. The van der Waals surface area contributed by atoms with Crippen LogP contribution in [0.15, 0.2) is 24.8 Å². The average molecular weight is 329 g/mol. The number of nitrogens with zero attached hydrogens (tertiary/aromatic N) is 5. The third-order valence-corrected chi connectivity index (χ3v) is 4.61. The van der Waals surface area contributed by atoms with Gasteiger partial charge in [-0.05, 0) is 12.8 Å². The molecule has 7 heteroatoms. The number of likely N-dealkylation sites (tertiary alicyclic amines) is 1. The van der Waals surface area contributed by atoms with E-state index in [1.165, 1.54) is 0 Å². The summed E-state index contributed by atoms with van der Waals surface area (Å²) in [6.07, 6.45) is 9.39. The first-order valence-corrected chi connectivity index (χ1v) is 8.39. The minimum Gasteiger partial charge on any atom is -0.340 e. The van der Waals surface area contributed by atoms with Gasteiger partial charge in [-0.3, -0.25) is 9.59 Å². The summed E-state index contributed by atoms with van der Waals surface area (Å²) in [5, 5.41) is 0. The van der Waals surface area contributed by atoms with Gasteiger partial charge in [-0.2, -0.15) is 0 Å². The molecule has 1 atom stereocenters. The number of hydrogen-bond acceptors (Lipinski definition) is 4. The molecule has 0 N–H and O–H groups in total. The number of hydrogen-bond donors (Lipinski definition) is 0. The molecule has 1 saturated heterocycles. The maximum Gasteiger partial charge on any atom is 0.242 e. The van der Waals surface area contributed by atoms with Gasteiger partial charge in [-0.25, -0.2) is 9.97 Å². The first kappa shape index (κ1) is 16.4. The molecular weight excluding hydrogens is 306 g/mol. The number of rotatable bonds is 5. The van der Waals surface area contributed by atoms with Gasteiger partial charge in [0.25, 0.3) is 0 Å². The molecule has 0 aromatic carbocycles. The van der Waals surface area contributed by atoms with Crippen molar-refractivity contribution in [2.45, 2.75) is 32.7 Å². The summed E-state index contributed by atoms with van der Waals surface area (Å²) in [4.78, 5) is 35.4. The lowest BCUT2D eigenvalue weighted by Gasteiger charge is -2.32. The first-order chi connectivity index (χ1) is 11.6. The topological polar surface area (TPSA) is 73.0 Å². The van der Waals surface area contributed by atoms with E-state index in [9.17, 15) is 9.59 Å². The normalized spacial score (nSPS) is 17.9. The first-order valence-electron chi connectivity index (χ1n) is 8.39. The van der Waals surface area contributed by atoms with Crippen LogP contribution >= 0.6 is 0 Å². The molecule has 1 amide bonds. The van der Waals surface area contributed by atoms with Gasteiger partial charge in [0.1, 0.15) is 12.4 Å². The molecule has 1 aliphatic heterocycles. The molecule has 2 aromatic heterocycles. The van der Waals surface area contributed by atoms with E-state index in [0.717, 1.165) is 25.1 Å². The number of carbonyl (C=O) groups excluding carboxylic acids is 2. The summed E-state index contributed by atoms with van der Waals surface area (Å²) >= 11 is 0.